The predicted molar refractivity (Wildman–Crippen MR) is 115 cm³/mol. The second kappa shape index (κ2) is 7.55. The zero-order valence-electron chi connectivity index (χ0n) is 16.6. The lowest BCUT2D eigenvalue weighted by atomic mass is 9.96. The van der Waals surface area contributed by atoms with Gasteiger partial charge in [-0.15, -0.1) is 0 Å². The summed E-state index contributed by atoms with van der Waals surface area (Å²) in [5.41, 5.74) is 1.74. The molecule has 1 atom stereocenters. The van der Waals surface area contributed by atoms with Crippen molar-refractivity contribution < 1.29 is 14.3 Å². The maximum Gasteiger partial charge on any atom is 0.356 e. The van der Waals surface area contributed by atoms with Gasteiger partial charge in [0, 0.05) is 29.4 Å². The van der Waals surface area contributed by atoms with Gasteiger partial charge in [-0.3, -0.25) is 9.78 Å². The Balaban J connectivity index is 1.67. The summed E-state index contributed by atoms with van der Waals surface area (Å²) in [4.78, 5) is 33.6. The standard InChI is InChI=1S/C22H23N3O3S/c1-22(2,3)28-21(27)19-18(16-8-4-5-9-17(16)24-19)20(26)14-12-25(29-13-14)15-7-6-10-23-11-15/h4-11,14,24H,12-13H2,1-3H3. The quantitative estimate of drug-likeness (QED) is 0.389. The van der Waals surface area contributed by atoms with Crippen LogP contribution in [-0.4, -0.2) is 39.6 Å². The van der Waals surface area contributed by atoms with Crippen LogP contribution in [0.25, 0.3) is 10.9 Å². The number of hydrogen-bond donors (Lipinski definition) is 1. The second-order valence-electron chi connectivity index (χ2n) is 8.05. The van der Waals surface area contributed by atoms with Crippen LogP contribution in [0.3, 0.4) is 0 Å². The Kier molecular flexibility index (Phi) is 5.08. The highest BCUT2D eigenvalue weighted by Crippen LogP contribution is 2.35. The summed E-state index contributed by atoms with van der Waals surface area (Å²) in [7, 11) is 0. The average molecular weight is 410 g/mol. The number of esters is 1. The molecule has 1 fully saturated rings. The minimum atomic E-state index is -0.644. The third-order valence-electron chi connectivity index (χ3n) is 4.68. The van der Waals surface area contributed by atoms with Gasteiger partial charge in [0.05, 0.1) is 23.4 Å². The molecule has 1 aromatic carbocycles. The van der Waals surface area contributed by atoms with E-state index in [4.69, 9.17) is 4.74 Å². The topological polar surface area (TPSA) is 75.3 Å². The number of Topliss-reactive ketones (excluding diaryl/α,β-unsaturated/α-hetero) is 1. The summed E-state index contributed by atoms with van der Waals surface area (Å²) < 4.78 is 7.63. The van der Waals surface area contributed by atoms with Crippen LogP contribution < -0.4 is 4.31 Å². The van der Waals surface area contributed by atoms with Crippen molar-refractivity contribution in [3.05, 3.63) is 60.0 Å². The van der Waals surface area contributed by atoms with Crippen molar-refractivity contribution in [2.75, 3.05) is 16.6 Å². The zero-order valence-corrected chi connectivity index (χ0v) is 17.5. The summed E-state index contributed by atoms with van der Waals surface area (Å²) >= 11 is 1.60. The molecule has 7 heteroatoms. The Morgan fingerprint density at radius 2 is 2.00 bits per heavy atom. The molecule has 0 amide bonds. The number of carbonyl (C=O) groups is 2. The molecule has 6 nitrogen and oxygen atoms in total. The first-order valence-electron chi connectivity index (χ1n) is 9.52. The molecule has 1 saturated heterocycles. The summed E-state index contributed by atoms with van der Waals surface area (Å²) in [5.74, 6) is -0.115. The first-order valence-corrected chi connectivity index (χ1v) is 10.5. The molecule has 0 spiro atoms. The number of pyridine rings is 1. The molecule has 1 aliphatic heterocycles. The minimum Gasteiger partial charge on any atom is -0.455 e. The fourth-order valence-electron chi connectivity index (χ4n) is 3.41. The molecule has 1 N–H and O–H groups in total. The van der Waals surface area contributed by atoms with Crippen molar-refractivity contribution in [1.29, 1.82) is 0 Å². The van der Waals surface area contributed by atoms with E-state index in [1.807, 2.05) is 57.2 Å². The number of anilines is 1. The molecule has 1 aliphatic rings. The monoisotopic (exact) mass is 409 g/mol. The molecule has 4 rings (SSSR count). The minimum absolute atomic E-state index is 0.0396. The van der Waals surface area contributed by atoms with Crippen LogP contribution in [0, 0.1) is 5.92 Å². The number of nitrogens with zero attached hydrogens (tertiary/aromatic N) is 2. The number of ether oxygens (including phenoxy) is 1. The lowest BCUT2D eigenvalue weighted by Crippen LogP contribution is -2.27. The van der Waals surface area contributed by atoms with Crippen LogP contribution >= 0.6 is 11.9 Å². The van der Waals surface area contributed by atoms with Crippen molar-refractivity contribution >= 4 is 40.3 Å². The molecule has 0 bridgehead atoms. The molecule has 2 aromatic heterocycles. The predicted octanol–water partition coefficient (Wildman–Crippen LogP) is 4.49. The van der Waals surface area contributed by atoms with Gasteiger partial charge in [-0.25, -0.2) is 4.79 Å². The van der Waals surface area contributed by atoms with Crippen LogP contribution in [-0.2, 0) is 4.74 Å². The molecule has 29 heavy (non-hydrogen) atoms. The number of carbonyl (C=O) groups excluding carboxylic acids is 2. The number of nitrogens with one attached hydrogen (secondary N) is 1. The van der Waals surface area contributed by atoms with Crippen LogP contribution in [0.4, 0.5) is 5.69 Å². The van der Waals surface area contributed by atoms with Gasteiger partial charge in [0.2, 0.25) is 0 Å². The van der Waals surface area contributed by atoms with Crippen LogP contribution in [0.15, 0.2) is 48.8 Å². The maximum absolute atomic E-state index is 13.5. The van der Waals surface area contributed by atoms with E-state index >= 15 is 0 Å². The number of ketones is 1. The van der Waals surface area contributed by atoms with Crippen molar-refractivity contribution in [3.8, 4) is 0 Å². The number of aromatic amines is 1. The van der Waals surface area contributed by atoms with E-state index in [-0.39, 0.29) is 17.4 Å². The Morgan fingerprint density at radius 3 is 2.72 bits per heavy atom. The fraction of sp³-hybridized carbons (Fsp3) is 0.318. The van der Waals surface area contributed by atoms with Crippen molar-refractivity contribution in [2.24, 2.45) is 5.92 Å². The first-order chi connectivity index (χ1) is 13.8. The number of rotatable bonds is 4. The van der Waals surface area contributed by atoms with Crippen LogP contribution in [0.5, 0.6) is 0 Å². The Labute approximate surface area is 173 Å². The molecule has 3 heterocycles. The number of fused-ring (bicyclic) bond motifs is 1. The normalized spacial score (nSPS) is 16.9. The summed E-state index contributed by atoms with van der Waals surface area (Å²) in [5, 5.41) is 0.753. The van der Waals surface area contributed by atoms with Gasteiger partial charge in [-0.1, -0.05) is 18.2 Å². The van der Waals surface area contributed by atoms with E-state index in [0.717, 1.165) is 16.6 Å². The van der Waals surface area contributed by atoms with Crippen molar-refractivity contribution in [2.45, 2.75) is 26.4 Å². The molecule has 0 saturated carbocycles. The lowest BCUT2D eigenvalue weighted by Gasteiger charge is -2.19. The maximum atomic E-state index is 13.5. The van der Waals surface area contributed by atoms with Gasteiger partial charge in [0.15, 0.2) is 5.78 Å². The summed E-state index contributed by atoms with van der Waals surface area (Å²) in [6.45, 7) is 6.01. The number of para-hydroxylation sites is 1. The smallest absolute Gasteiger partial charge is 0.356 e. The van der Waals surface area contributed by atoms with Gasteiger partial charge in [-0.05, 0) is 50.9 Å². The molecule has 150 valence electrons. The number of benzene rings is 1. The average Bonchev–Trinajstić information content (AvgIpc) is 3.32. The fourth-order valence-corrected chi connectivity index (χ4v) is 4.57. The van der Waals surface area contributed by atoms with E-state index in [9.17, 15) is 9.59 Å². The molecule has 1 unspecified atom stereocenters. The third kappa shape index (κ3) is 4.00. The van der Waals surface area contributed by atoms with Crippen molar-refractivity contribution in [1.82, 2.24) is 9.97 Å². The van der Waals surface area contributed by atoms with Crippen LogP contribution in [0.1, 0.15) is 41.6 Å². The molecule has 3 aromatic rings. The number of H-pyrrole nitrogens is 1. The SMILES string of the molecule is CC(C)(C)OC(=O)c1[nH]c2ccccc2c1C(=O)C1CSN(c2cccnc2)C1. The molecular formula is C22H23N3O3S. The van der Waals surface area contributed by atoms with Gasteiger partial charge in [0.1, 0.15) is 11.3 Å². The zero-order chi connectivity index (χ0) is 20.6. The Bertz CT molecular complexity index is 1060. The summed E-state index contributed by atoms with van der Waals surface area (Å²) in [6.07, 6.45) is 3.52. The van der Waals surface area contributed by atoms with E-state index < -0.39 is 11.6 Å². The third-order valence-corrected chi connectivity index (χ3v) is 5.90. The van der Waals surface area contributed by atoms with Crippen LogP contribution in [0.2, 0.25) is 0 Å². The summed E-state index contributed by atoms with van der Waals surface area (Å²) in [6, 6.07) is 11.3. The van der Waals surface area contributed by atoms with E-state index in [1.54, 1.807) is 24.3 Å². The number of hydrogen-bond acceptors (Lipinski definition) is 6. The first kappa shape index (κ1) is 19.5. The highest BCUT2D eigenvalue weighted by atomic mass is 32.2. The Morgan fingerprint density at radius 1 is 1.21 bits per heavy atom. The molecule has 0 radical (unpaired) electrons. The largest absolute Gasteiger partial charge is 0.455 e. The van der Waals surface area contributed by atoms with E-state index in [0.29, 0.717) is 17.9 Å². The van der Waals surface area contributed by atoms with Gasteiger partial charge in [0.25, 0.3) is 0 Å². The number of aromatic nitrogens is 2. The lowest BCUT2D eigenvalue weighted by molar-refractivity contribution is 0.00619. The second-order valence-corrected chi connectivity index (χ2v) is 9.08. The van der Waals surface area contributed by atoms with Gasteiger partial charge in [-0.2, -0.15) is 0 Å². The molecule has 0 aliphatic carbocycles. The molecular weight excluding hydrogens is 386 g/mol. The van der Waals surface area contributed by atoms with Gasteiger partial charge < -0.3 is 14.0 Å². The van der Waals surface area contributed by atoms with Gasteiger partial charge >= 0.3 is 5.97 Å². The highest BCUT2D eigenvalue weighted by Gasteiger charge is 2.35. The van der Waals surface area contributed by atoms with Crippen molar-refractivity contribution in [3.63, 3.8) is 0 Å². The Hall–Kier alpha value is -2.80. The van der Waals surface area contributed by atoms with E-state index in [1.165, 1.54) is 0 Å². The van der Waals surface area contributed by atoms with E-state index in [2.05, 4.69) is 14.3 Å². The highest BCUT2D eigenvalue weighted by molar-refractivity contribution is 8.00.